The van der Waals surface area contributed by atoms with Crippen molar-refractivity contribution in [2.24, 2.45) is 0 Å². The van der Waals surface area contributed by atoms with Crippen molar-refractivity contribution in [3.05, 3.63) is 58.9 Å². The van der Waals surface area contributed by atoms with Crippen LogP contribution in [0.3, 0.4) is 0 Å². The Morgan fingerprint density at radius 3 is 2.22 bits per heavy atom. The normalized spacial score (nSPS) is 15.9. The number of halogens is 2. The smallest absolute Gasteiger partial charge is 0.255 e. The third kappa shape index (κ3) is 4.66. The summed E-state index contributed by atoms with van der Waals surface area (Å²) < 4.78 is 40.8. The van der Waals surface area contributed by atoms with E-state index in [-0.39, 0.29) is 21.2 Å². The number of nitrogens with one attached hydrogen (secondary N) is 1. The molecular weight excluding hydrogens is 391 g/mol. The minimum absolute atomic E-state index is 0.00525. The number of benzene rings is 2. The summed E-state index contributed by atoms with van der Waals surface area (Å²) in [6.07, 6.45) is 3.78. The number of anilines is 1. The van der Waals surface area contributed by atoms with Crippen molar-refractivity contribution >= 4 is 33.2 Å². The standard InChI is InChI=1S/C19H20ClFN2O3S/c20-15-7-10-18(17(21)13-15)22-19(24)14-5-8-16(9-6-14)27(25,26)23-11-3-1-2-4-12-23/h5-10,13H,1-4,11-12H2,(H,22,24). The van der Waals surface area contributed by atoms with E-state index in [1.54, 1.807) is 0 Å². The third-order valence-electron chi connectivity index (χ3n) is 4.50. The highest BCUT2D eigenvalue weighted by Crippen LogP contribution is 2.22. The first-order valence-corrected chi connectivity index (χ1v) is 10.6. The Morgan fingerprint density at radius 2 is 1.63 bits per heavy atom. The largest absolute Gasteiger partial charge is 0.319 e. The molecule has 0 aliphatic carbocycles. The molecule has 1 aliphatic rings. The van der Waals surface area contributed by atoms with Gasteiger partial charge in [0.25, 0.3) is 5.91 Å². The molecule has 8 heteroatoms. The van der Waals surface area contributed by atoms with Gasteiger partial charge in [-0.05, 0) is 55.3 Å². The van der Waals surface area contributed by atoms with Gasteiger partial charge in [0.15, 0.2) is 0 Å². The van der Waals surface area contributed by atoms with E-state index < -0.39 is 21.7 Å². The average Bonchev–Trinajstić information content (AvgIpc) is 2.94. The minimum Gasteiger partial charge on any atom is -0.319 e. The van der Waals surface area contributed by atoms with Crippen LogP contribution >= 0.6 is 11.6 Å². The first-order valence-electron chi connectivity index (χ1n) is 8.74. The molecule has 0 atom stereocenters. The van der Waals surface area contributed by atoms with Crippen LogP contribution in [0.5, 0.6) is 0 Å². The Morgan fingerprint density at radius 1 is 1.00 bits per heavy atom. The van der Waals surface area contributed by atoms with Crippen LogP contribution < -0.4 is 5.32 Å². The van der Waals surface area contributed by atoms with E-state index in [0.717, 1.165) is 31.7 Å². The van der Waals surface area contributed by atoms with Crippen molar-refractivity contribution in [1.82, 2.24) is 4.31 Å². The van der Waals surface area contributed by atoms with Gasteiger partial charge in [-0.1, -0.05) is 24.4 Å². The van der Waals surface area contributed by atoms with Crippen LogP contribution in [-0.4, -0.2) is 31.7 Å². The molecule has 144 valence electrons. The van der Waals surface area contributed by atoms with Crippen molar-refractivity contribution < 1.29 is 17.6 Å². The van der Waals surface area contributed by atoms with Gasteiger partial charge in [-0.2, -0.15) is 4.31 Å². The molecule has 0 bridgehead atoms. The molecule has 0 unspecified atom stereocenters. The number of hydrogen-bond acceptors (Lipinski definition) is 3. The molecule has 27 heavy (non-hydrogen) atoms. The highest BCUT2D eigenvalue weighted by molar-refractivity contribution is 7.89. The maximum Gasteiger partial charge on any atom is 0.255 e. The number of nitrogens with zero attached hydrogens (tertiary/aromatic N) is 1. The molecule has 0 saturated carbocycles. The van der Waals surface area contributed by atoms with E-state index in [0.29, 0.717) is 13.1 Å². The Hall–Kier alpha value is -1.96. The van der Waals surface area contributed by atoms with Crippen LogP contribution in [-0.2, 0) is 10.0 Å². The number of carbonyl (C=O) groups is 1. The summed E-state index contributed by atoms with van der Waals surface area (Å²) in [5, 5.41) is 2.68. The lowest BCUT2D eigenvalue weighted by Gasteiger charge is -2.20. The Labute approximate surface area is 163 Å². The molecule has 1 saturated heterocycles. The number of rotatable bonds is 4. The molecule has 0 aromatic heterocycles. The fraction of sp³-hybridized carbons (Fsp3) is 0.316. The summed E-state index contributed by atoms with van der Waals surface area (Å²) in [6, 6.07) is 9.61. The van der Waals surface area contributed by atoms with Gasteiger partial charge in [-0.15, -0.1) is 0 Å². The zero-order valence-corrected chi connectivity index (χ0v) is 16.2. The zero-order chi connectivity index (χ0) is 19.4. The molecule has 1 amide bonds. The Bertz CT molecular complexity index is 924. The van der Waals surface area contributed by atoms with Gasteiger partial charge in [0, 0.05) is 23.7 Å². The predicted molar refractivity (Wildman–Crippen MR) is 103 cm³/mol. The average molecular weight is 411 g/mol. The van der Waals surface area contributed by atoms with Gasteiger partial charge in [-0.25, -0.2) is 12.8 Å². The molecule has 1 N–H and O–H groups in total. The quantitative estimate of drug-likeness (QED) is 0.817. The summed E-state index contributed by atoms with van der Waals surface area (Å²) in [4.78, 5) is 12.4. The second-order valence-electron chi connectivity index (χ2n) is 6.42. The Kier molecular flexibility index (Phi) is 6.14. The van der Waals surface area contributed by atoms with E-state index in [2.05, 4.69) is 5.32 Å². The maximum atomic E-state index is 13.8. The Balaban J connectivity index is 1.75. The molecule has 2 aromatic rings. The summed E-state index contributed by atoms with van der Waals surface area (Å²) in [5.41, 5.74) is 0.241. The van der Waals surface area contributed by atoms with Crippen molar-refractivity contribution in [1.29, 1.82) is 0 Å². The van der Waals surface area contributed by atoms with Crippen molar-refractivity contribution in [3.63, 3.8) is 0 Å². The molecule has 1 fully saturated rings. The fourth-order valence-electron chi connectivity index (χ4n) is 2.99. The van der Waals surface area contributed by atoms with Crippen LogP contribution in [0.2, 0.25) is 5.02 Å². The monoisotopic (exact) mass is 410 g/mol. The van der Waals surface area contributed by atoms with Crippen LogP contribution in [0.25, 0.3) is 0 Å². The van der Waals surface area contributed by atoms with E-state index in [1.807, 2.05) is 0 Å². The highest BCUT2D eigenvalue weighted by atomic mass is 35.5. The van der Waals surface area contributed by atoms with Crippen LogP contribution in [0, 0.1) is 5.82 Å². The number of amides is 1. The van der Waals surface area contributed by atoms with E-state index in [1.165, 1.54) is 40.7 Å². The van der Waals surface area contributed by atoms with Crippen molar-refractivity contribution in [2.45, 2.75) is 30.6 Å². The van der Waals surface area contributed by atoms with Gasteiger partial charge < -0.3 is 5.32 Å². The molecule has 0 spiro atoms. The number of sulfonamides is 1. The van der Waals surface area contributed by atoms with Crippen LogP contribution in [0.4, 0.5) is 10.1 Å². The maximum absolute atomic E-state index is 13.8. The van der Waals surface area contributed by atoms with Crippen LogP contribution in [0.1, 0.15) is 36.0 Å². The molecule has 1 heterocycles. The second-order valence-corrected chi connectivity index (χ2v) is 8.80. The molecule has 1 aliphatic heterocycles. The molecule has 0 radical (unpaired) electrons. The highest BCUT2D eigenvalue weighted by Gasteiger charge is 2.25. The van der Waals surface area contributed by atoms with Gasteiger partial charge >= 0.3 is 0 Å². The van der Waals surface area contributed by atoms with E-state index in [9.17, 15) is 17.6 Å². The topological polar surface area (TPSA) is 66.5 Å². The van der Waals surface area contributed by atoms with Gasteiger partial charge in [0.2, 0.25) is 10.0 Å². The fourth-order valence-corrected chi connectivity index (χ4v) is 4.67. The summed E-state index contributed by atoms with van der Waals surface area (Å²) in [5.74, 6) is -1.17. The van der Waals surface area contributed by atoms with Gasteiger partial charge in [-0.3, -0.25) is 4.79 Å². The van der Waals surface area contributed by atoms with Crippen LogP contribution in [0.15, 0.2) is 47.4 Å². The molecular formula is C19H20ClFN2O3S. The van der Waals surface area contributed by atoms with E-state index in [4.69, 9.17) is 11.6 Å². The molecule has 2 aromatic carbocycles. The lowest BCUT2D eigenvalue weighted by Crippen LogP contribution is -2.31. The van der Waals surface area contributed by atoms with Crippen molar-refractivity contribution in [2.75, 3.05) is 18.4 Å². The second kappa shape index (κ2) is 8.37. The SMILES string of the molecule is O=C(Nc1ccc(Cl)cc1F)c1ccc(S(=O)(=O)N2CCCCCC2)cc1. The lowest BCUT2D eigenvalue weighted by molar-refractivity contribution is 0.102. The molecule has 5 nitrogen and oxygen atoms in total. The zero-order valence-electron chi connectivity index (χ0n) is 14.6. The summed E-state index contributed by atoms with van der Waals surface area (Å²) >= 11 is 5.69. The van der Waals surface area contributed by atoms with Gasteiger partial charge in [0.1, 0.15) is 5.82 Å². The molecule has 3 rings (SSSR count). The first kappa shape index (κ1) is 19.8. The third-order valence-corrected chi connectivity index (χ3v) is 6.65. The summed E-state index contributed by atoms with van der Waals surface area (Å²) in [7, 11) is -3.57. The minimum atomic E-state index is -3.57. The van der Waals surface area contributed by atoms with Gasteiger partial charge in [0.05, 0.1) is 10.6 Å². The first-order chi connectivity index (χ1) is 12.9. The predicted octanol–water partition coefficient (Wildman–Crippen LogP) is 4.30. The summed E-state index contributed by atoms with van der Waals surface area (Å²) in [6.45, 7) is 1.03. The number of carbonyl (C=O) groups excluding carboxylic acids is 1. The van der Waals surface area contributed by atoms with Crippen molar-refractivity contribution in [3.8, 4) is 0 Å². The van der Waals surface area contributed by atoms with E-state index >= 15 is 0 Å². The lowest BCUT2D eigenvalue weighted by atomic mass is 10.2. The number of hydrogen-bond donors (Lipinski definition) is 1.